The van der Waals surface area contributed by atoms with Gasteiger partial charge in [0.2, 0.25) is 0 Å². The van der Waals surface area contributed by atoms with E-state index < -0.39 is 0 Å². The van der Waals surface area contributed by atoms with E-state index >= 15 is 0 Å². The summed E-state index contributed by atoms with van der Waals surface area (Å²) in [5, 5.41) is 0. The Labute approximate surface area is 117 Å². The minimum Gasteiger partial charge on any atom is -0.311 e. The third-order valence-corrected chi connectivity index (χ3v) is 3.28. The van der Waals surface area contributed by atoms with Crippen LogP contribution in [0.5, 0.6) is 0 Å². The first-order chi connectivity index (χ1) is 9.65. The molecule has 0 saturated carbocycles. The summed E-state index contributed by atoms with van der Waals surface area (Å²) >= 11 is 0. The number of aryl methyl sites for hydroxylation is 1. The van der Waals surface area contributed by atoms with Gasteiger partial charge in [-0.1, -0.05) is 18.2 Å². The molecule has 4 nitrogen and oxygen atoms in total. The Hall–Kier alpha value is -2.62. The molecule has 0 aliphatic carbocycles. The van der Waals surface area contributed by atoms with Crippen molar-refractivity contribution in [1.29, 1.82) is 0 Å². The fourth-order valence-electron chi connectivity index (χ4n) is 2.20. The predicted octanol–water partition coefficient (Wildman–Crippen LogP) is 2.92. The van der Waals surface area contributed by atoms with E-state index in [0.29, 0.717) is 5.56 Å². The molecule has 0 aliphatic rings. The highest BCUT2D eigenvalue weighted by Crippen LogP contribution is 2.16. The minimum absolute atomic E-state index is 0.0423. The zero-order chi connectivity index (χ0) is 14.1. The van der Waals surface area contributed by atoms with Crippen molar-refractivity contribution < 1.29 is 4.79 Å². The number of amides is 1. The number of aromatic nitrogens is 2. The van der Waals surface area contributed by atoms with Gasteiger partial charge >= 0.3 is 0 Å². The van der Waals surface area contributed by atoms with Crippen LogP contribution >= 0.6 is 0 Å². The molecule has 2 aromatic heterocycles. The van der Waals surface area contributed by atoms with Crippen molar-refractivity contribution in [1.82, 2.24) is 9.38 Å². The summed E-state index contributed by atoms with van der Waals surface area (Å²) in [7, 11) is 1.78. The van der Waals surface area contributed by atoms with E-state index in [-0.39, 0.29) is 5.91 Å². The van der Waals surface area contributed by atoms with Gasteiger partial charge in [-0.05, 0) is 31.2 Å². The van der Waals surface area contributed by atoms with E-state index in [1.165, 1.54) is 0 Å². The summed E-state index contributed by atoms with van der Waals surface area (Å²) in [6.45, 7) is 1.94. The van der Waals surface area contributed by atoms with Crippen LogP contribution in [0.25, 0.3) is 5.65 Å². The molecule has 0 spiro atoms. The predicted molar refractivity (Wildman–Crippen MR) is 79.1 cm³/mol. The molecular weight excluding hydrogens is 250 g/mol. The van der Waals surface area contributed by atoms with Gasteiger partial charge in [0.1, 0.15) is 5.65 Å². The molecule has 1 aromatic carbocycles. The quantitative estimate of drug-likeness (QED) is 0.714. The van der Waals surface area contributed by atoms with Crippen LogP contribution in [0.4, 0.5) is 5.69 Å². The first-order valence-electron chi connectivity index (χ1n) is 6.43. The molecule has 0 unspecified atom stereocenters. The molecular formula is C16H15N3O. The molecule has 0 N–H and O–H groups in total. The van der Waals surface area contributed by atoms with Crippen LogP contribution in [0.1, 0.15) is 16.1 Å². The highest BCUT2D eigenvalue weighted by atomic mass is 16.2. The lowest BCUT2D eigenvalue weighted by molar-refractivity contribution is 0.0993. The van der Waals surface area contributed by atoms with Crippen LogP contribution in [-0.4, -0.2) is 22.3 Å². The van der Waals surface area contributed by atoms with Gasteiger partial charge < -0.3 is 9.30 Å². The van der Waals surface area contributed by atoms with Crippen LogP contribution in [0.15, 0.2) is 54.9 Å². The van der Waals surface area contributed by atoms with Crippen LogP contribution < -0.4 is 4.90 Å². The average molecular weight is 265 g/mol. The Morgan fingerprint density at radius 1 is 1.20 bits per heavy atom. The lowest BCUT2D eigenvalue weighted by Crippen LogP contribution is -2.26. The van der Waals surface area contributed by atoms with Gasteiger partial charge in [-0.2, -0.15) is 0 Å². The van der Waals surface area contributed by atoms with E-state index in [0.717, 1.165) is 17.0 Å². The van der Waals surface area contributed by atoms with Crippen molar-refractivity contribution in [3.63, 3.8) is 0 Å². The molecule has 0 bridgehead atoms. The number of imidazole rings is 1. The number of fused-ring (bicyclic) bond motifs is 1. The Kier molecular flexibility index (Phi) is 2.99. The van der Waals surface area contributed by atoms with E-state index in [1.54, 1.807) is 11.9 Å². The number of carbonyl (C=O) groups is 1. The number of rotatable bonds is 2. The monoisotopic (exact) mass is 265 g/mol. The molecule has 3 rings (SSSR count). The number of carbonyl (C=O) groups excluding carboxylic acids is 1. The minimum atomic E-state index is -0.0423. The Morgan fingerprint density at radius 2 is 1.95 bits per heavy atom. The normalized spacial score (nSPS) is 10.7. The lowest BCUT2D eigenvalue weighted by atomic mass is 10.2. The van der Waals surface area contributed by atoms with Crippen molar-refractivity contribution in [2.75, 3.05) is 11.9 Å². The maximum atomic E-state index is 12.5. The topological polar surface area (TPSA) is 37.6 Å². The first-order valence-corrected chi connectivity index (χ1v) is 6.43. The number of hydrogen-bond donors (Lipinski definition) is 0. The Balaban J connectivity index is 1.95. The molecule has 0 saturated heterocycles. The fourth-order valence-corrected chi connectivity index (χ4v) is 2.20. The maximum Gasteiger partial charge on any atom is 0.258 e. The van der Waals surface area contributed by atoms with E-state index in [4.69, 9.17) is 0 Å². The molecule has 0 atom stereocenters. The van der Waals surface area contributed by atoms with Crippen molar-refractivity contribution in [3.05, 3.63) is 66.1 Å². The fraction of sp³-hybridized carbons (Fsp3) is 0.125. The van der Waals surface area contributed by atoms with Crippen LogP contribution in [0, 0.1) is 6.92 Å². The number of hydrogen-bond acceptors (Lipinski definition) is 2. The second-order valence-corrected chi connectivity index (χ2v) is 4.76. The number of para-hydroxylation sites is 1. The van der Waals surface area contributed by atoms with Gasteiger partial charge in [0.25, 0.3) is 5.91 Å². The third kappa shape index (κ3) is 2.16. The highest BCUT2D eigenvalue weighted by molar-refractivity contribution is 6.06. The summed E-state index contributed by atoms with van der Waals surface area (Å²) in [5.74, 6) is -0.0423. The second-order valence-electron chi connectivity index (χ2n) is 4.76. The van der Waals surface area contributed by atoms with E-state index in [1.807, 2.05) is 66.2 Å². The standard InChI is InChI=1S/C16H15N3O/c1-12-11-19-9-8-13(10-15(19)17-12)16(20)18(2)14-6-4-3-5-7-14/h3-11H,1-2H3. The SMILES string of the molecule is Cc1cn2ccc(C(=O)N(C)c3ccccc3)cc2n1. The Bertz CT molecular complexity index is 762. The molecule has 3 aromatic rings. The van der Waals surface area contributed by atoms with Crippen LogP contribution in [-0.2, 0) is 0 Å². The smallest absolute Gasteiger partial charge is 0.258 e. The number of benzene rings is 1. The summed E-state index contributed by atoms with van der Waals surface area (Å²) in [6.07, 6.45) is 3.80. The van der Waals surface area contributed by atoms with Crippen molar-refractivity contribution in [2.45, 2.75) is 6.92 Å². The van der Waals surface area contributed by atoms with Gasteiger partial charge in [-0.25, -0.2) is 4.98 Å². The van der Waals surface area contributed by atoms with Crippen molar-refractivity contribution in [2.24, 2.45) is 0 Å². The molecule has 0 radical (unpaired) electrons. The van der Waals surface area contributed by atoms with Crippen molar-refractivity contribution in [3.8, 4) is 0 Å². The zero-order valence-electron chi connectivity index (χ0n) is 11.4. The van der Waals surface area contributed by atoms with E-state index in [2.05, 4.69) is 4.98 Å². The largest absolute Gasteiger partial charge is 0.311 e. The lowest BCUT2D eigenvalue weighted by Gasteiger charge is -2.17. The molecule has 1 amide bonds. The zero-order valence-corrected chi connectivity index (χ0v) is 11.4. The number of nitrogens with zero attached hydrogens (tertiary/aromatic N) is 3. The molecule has 4 heteroatoms. The average Bonchev–Trinajstić information content (AvgIpc) is 2.85. The van der Waals surface area contributed by atoms with Crippen molar-refractivity contribution >= 4 is 17.2 Å². The van der Waals surface area contributed by atoms with Gasteiger partial charge in [-0.15, -0.1) is 0 Å². The third-order valence-electron chi connectivity index (χ3n) is 3.28. The van der Waals surface area contributed by atoms with Crippen LogP contribution in [0.2, 0.25) is 0 Å². The molecule has 20 heavy (non-hydrogen) atoms. The van der Waals surface area contributed by atoms with Crippen LogP contribution in [0.3, 0.4) is 0 Å². The molecule has 0 aliphatic heterocycles. The van der Waals surface area contributed by atoms with E-state index in [9.17, 15) is 4.79 Å². The maximum absolute atomic E-state index is 12.5. The molecule has 100 valence electrons. The van der Waals surface area contributed by atoms with Gasteiger partial charge in [0, 0.05) is 30.7 Å². The second kappa shape index (κ2) is 4.81. The molecule has 2 heterocycles. The van der Waals surface area contributed by atoms with Gasteiger partial charge in [-0.3, -0.25) is 4.79 Å². The Morgan fingerprint density at radius 3 is 2.70 bits per heavy atom. The summed E-state index contributed by atoms with van der Waals surface area (Å²) < 4.78 is 1.91. The van der Waals surface area contributed by atoms with Gasteiger partial charge in [0.05, 0.1) is 5.69 Å². The number of pyridine rings is 1. The summed E-state index contributed by atoms with van der Waals surface area (Å²) in [6, 6.07) is 13.2. The first kappa shape index (κ1) is 12.4. The van der Waals surface area contributed by atoms with Gasteiger partial charge in [0.15, 0.2) is 0 Å². The number of anilines is 1. The highest BCUT2D eigenvalue weighted by Gasteiger charge is 2.14. The summed E-state index contributed by atoms with van der Waals surface area (Å²) in [5.41, 5.74) is 3.23. The molecule has 0 fully saturated rings. The summed E-state index contributed by atoms with van der Waals surface area (Å²) in [4.78, 5) is 18.5.